The number of carbonyl (C=O) groups is 2. The van der Waals surface area contributed by atoms with E-state index in [0.29, 0.717) is 18.7 Å². The van der Waals surface area contributed by atoms with Crippen LogP contribution in [0.5, 0.6) is 0 Å². The first kappa shape index (κ1) is 13.8. The van der Waals surface area contributed by atoms with E-state index in [1.54, 1.807) is 48.4 Å². The third kappa shape index (κ3) is 3.44. The monoisotopic (exact) mass is 273 g/mol. The van der Waals surface area contributed by atoms with Gasteiger partial charge in [-0.2, -0.15) is 0 Å². The maximum Gasteiger partial charge on any atom is 0.335 e. The van der Waals surface area contributed by atoms with Crippen LogP contribution < -0.4 is 5.32 Å². The van der Waals surface area contributed by atoms with Crippen LogP contribution in [0, 0.1) is 0 Å². The van der Waals surface area contributed by atoms with Gasteiger partial charge in [-0.15, -0.1) is 0 Å². The van der Waals surface area contributed by atoms with Gasteiger partial charge in [-0.1, -0.05) is 12.1 Å². The van der Waals surface area contributed by atoms with E-state index in [0.717, 1.165) is 5.56 Å². The summed E-state index contributed by atoms with van der Waals surface area (Å²) in [5.41, 5.74) is 1.61. The van der Waals surface area contributed by atoms with Crippen LogP contribution >= 0.6 is 0 Å². The van der Waals surface area contributed by atoms with Crippen LogP contribution in [0.2, 0.25) is 0 Å². The molecule has 104 valence electrons. The van der Waals surface area contributed by atoms with Gasteiger partial charge < -0.3 is 15.0 Å². The molecule has 6 nitrogen and oxygen atoms in total. The molecule has 0 unspecified atom stereocenters. The Hall–Kier alpha value is -2.63. The minimum atomic E-state index is -0.944. The van der Waals surface area contributed by atoms with Crippen molar-refractivity contribution in [2.24, 2.45) is 7.05 Å². The molecular formula is C14H15N3O3. The Morgan fingerprint density at radius 2 is 2.00 bits per heavy atom. The Balaban J connectivity index is 1.83. The van der Waals surface area contributed by atoms with E-state index in [2.05, 4.69) is 10.3 Å². The third-order valence-electron chi connectivity index (χ3n) is 2.84. The lowest BCUT2D eigenvalue weighted by Gasteiger charge is -2.04. The van der Waals surface area contributed by atoms with Gasteiger partial charge in [0.1, 0.15) is 5.69 Å². The van der Waals surface area contributed by atoms with Crippen molar-refractivity contribution in [3.63, 3.8) is 0 Å². The first-order valence-electron chi connectivity index (χ1n) is 6.14. The zero-order valence-corrected chi connectivity index (χ0v) is 11.0. The first-order valence-corrected chi connectivity index (χ1v) is 6.14. The third-order valence-corrected chi connectivity index (χ3v) is 2.84. The quantitative estimate of drug-likeness (QED) is 0.854. The highest BCUT2D eigenvalue weighted by Crippen LogP contribution is 2.05. The highest BCUT2D eigenvalue weighted by molar-refractivity contribution is 5.92. The maximum atomic E-state index is 11.7. The minimum absolute atomic E-state index is 0.215. The Morgan fingerprint density at radius 1 is 1.30 bits per heavy atom. The molecule has 1 aromatic heterocycles. The fraction of sp³-hybridized carbons (Fsp3) is 0.214. The van der Waals surface area contributed by atoms with E-state index >= 15 is 0 Å². The molecule has 0 saturated carbocycles. The van der Waals surface area contributed by atoms with Crippen LogP contribution in [0.25, 0.3) is 0 Å². The van der Waals surface area contributed by atoms with Crippen LogP contribution in [-0.4, -0.2) is 33.1 Å². The molecule has 2 aromatic rings. The molecule has 0 bridgehead atoms. The molecule has 6 heteroatoms. The molecule has 20 heavy (non-hydrogen) atoms. The molecule has 1 heterocycles. The van der Waals surface area contributed by atoms with Crippen molar-refractivity contribution in [3.05, 3.63) is 53.6 Å². The number of rotatable bonds is 5. The molecular weight excluding hydrogens is 258 g/mol. The van der Waals surface area contributed by atoms with Crippen LogP contribution in [0.15, 0.2) is 36.8 Å². The lowest BCUT2D eigenvalue weighted by atomic mass is 10.1. The lowest BCUT2D eigenvalue weighted by molar-refractivity contribution is 0.0696. The van der Waals surface area contributed by atoms with Crippen molar-refractivity contribution in [1.29, 1.82) is 0 Å². The van der Waals surface area contributed by atoms with Gasteiger partial charge in [-0.25, -0.2) is 9.78 Å². The number of carbonyl (C=O) groups excluding carboxylic acids is 1. The number of hydrogen-bond acceptors (Lipinski definition) is 3. The van der Waals surface area contributed by atoms with Crippen molar-refractivity contribution in [2.75, 3.05) is 6.54 Å². The second-order valence-corrected chi connectivity index (χ2v) is 4.43. The summed E-state index contributed by atoms with van der Waals surface area (Å²) in [6.45, 7) is 0.474. The number of aromatic carboxylic acids is 1. The number of amides is 1. The van der Waals surface area contributed by atoms with Crippen LogP contribution in [0.3, 0.4) is 0 Å². The normalized spacial score (nSPS) is 10.2. The van der Waals surface area contributed by atoms with Gasteiger partial charge >= 0.3 is 5.97 Å². The van der Waals surface area contributed by atoms with Gasteiger partial charge in [0, 0.05) is 19.8 Å². The molecule has 0 aliphatic heterocycles. The van der Waals surface area contributed by atoms with Crippen LogP contribution in [0.1, 0.15) is 26.4 Å². The van der Waals surface area contributed by atoms with E-state index < -0.39 is 5.97 Å². The number of carboxylic acids is 1. The molecule has 0 saturated heterocycles. The standard InChI is InChI=1S/C14H15N3O3/c1-17-8-12(16-9-17)13(18)15-7-6-10-2-4-11(5-3-10)14(19)20/h2-5,8-9H,6-7H2,1H3,(H,15,18)(H,19,20). The molecule has 2 rings (SSSR count). The first-order chi connectivity index (χ1) is 9.56. The zero-order chi connectivity index (χ0) is 14.5. The highest BCUT2D eigenvalue weighted by Gasteiger charge is 2.07. The van der Waals surface area contributed by atoms with E-state index in [-0.39, 0.29) is 11.5 Å². The number of aryl methyl sites for hydroxylation is 1. The van der Waals surface area contributed by atoms with Crippen molar-refractivity contribution >= 4 is 11.9 Å². The van der Waals surface area contributed by atoms with Gasteiger partial charge in [0.2, 0.25) is 0 Å². The Morgan fingerprint density at radius 3 is 2.55 bits per heavy atom. The number of nitrogens with zero attached hydrogens (tertiary/aromatic N) is 2. The molecule has 1 aromatic carbocycles. The van der Waals surface area contributed by atoms with Crippen molar-refractivity contribution in [2.45, 2.75) is 6.42 Å². The SMILES string of the molecule is Cn1cnc(C(=O)NCCc2ccc(C(=O)O)cc2)c1. The Kier molecular flexibility index (Phi) is 4.14. The molecule has 0 aliphatic carbocycles. The maximum absolute atomic E-state index is 11.7. The predicted molar refractivity (Wildman–Crippen MR) is 72.6 cm³/mol. The average molecular weight is 273 g/mol. The summed E-state index contributed by atoms with van der Waals surface area (Å²) in [5, 5.41) is 11.6. The number of hydrogen-bond donors (Lipinski definition) is 2. The van der Waals surface area contributed by atoms with Gasteiger partial charge in [-0.05, 0) is 24.1 Å². The van der Waals surface area contributed by atoms with Gasteiger partial charge in [0.05, 0.1) is 11.9 Å². The topological polar surface area (TPSA) is 84.2 Å². The van der Waals surface area contributed by atoms with Crippen LogP contribution in [-0.2, 0) is 13.5 Å². The van der Waals surface area contributed by atoms with Crippen molar-refractivity contribution < 1.29 is 14.7 Å². The summed E-state index contributed by atoms with van der Waals surface area (Å²) in [7, 11) is 1.80. The average Bonchev–Trinajstić information content (AvgIpc) is 2.86. The molecule has 2 N–H and O–H groups in total. The van der Waals surface area contributed by atoms with E-state index in [4.69, 9.17) is 5.11 Å². The van der Waals surface area contributed by atoms with E-state index in [1.807, 2.05) is 0 Å². The summed E-state index contributed by atoms with van der Waals surface area (Å²) in [6.07, 6.45) is 3.86. The fourth-order valence-corrected chi connectivity index (χ4v) is 1.75. The molecule has 0 fully saturated rings. The smallest absolute Gasteiger partial charge is 0.335 e. The van der Waals surface area contributed by atoms with E-state index in [9.17, 15) is 9.59 Å². The van der Waals surface area contributed by atoms with Crippen molar-refractivity contribution in [3.8, 4) is 0 Å². The second kappa shape index (κ2) is 6.01. The van der Waals surface area contributed by atoms with Gasteiger partial charge in [0.25, 0.3) is 5.91 Å². The Labute approximate surface area is 116 Å². The number of aromatic nitrogens is 2. The number of benzene rings is 1. The number of nitrogens with one attached hydrogen (secondary N) is 1. The summed E-state index contributed by atoms with van der Waals surface area (Å²) in [5.74, 6) is -1.16. The van der Waals surface area contributed by atoms with E-state index in [1.165, 1.54) is 0 Å². The summed E-state index contributed by atoms with van der Waals surface area (Å²) < 4.78 is 1.71. The number of imidazole rings is 1. The Bertz CT molecular complexity index is 617. The van der Waals surface area contributed by atoms with Gasteiger partial charge in [-0.3, -0.25) is 4.79 Å². The largest absolute Gasteiger partial charge is 0.478 e. The minimum Gasteiger partial charge on any atom is -0.478 e. The molecule has 0 radical (unpaired) electrons. The van der Waals surface area contributed by atoms with Crippen molar-refractivity contribution in [1.82, 2.24) is 14.9 Å². The summed E-state index contributed by atoms with van der Waals surface area (Å²) >= 11 is 0. The molecule has 0 spiro atoms. The predicted octanol–water partition coefficient (Wildman–Crippen LogP) is 1.09. The highest BCUT2D eigenvalue weighted by atomic mass is 16.4. The molecule has 0 aliphatic rings. The molecule has 0 atom stereocenters. The van der Waals surface area contributed by atoms with Gasteiger partial charge in [0.15, 0.2) is 0 Å². The van der Waals surface area contributed by atoms with Crippen LogP contribution in [0.4, 0.5) is 0 Å². The summed E-state index contributed by atoms with van der Waals surface area (Å²) in [6, 6.07) is 6.60. The summed E-state index contributed by atoms with van der Waals surface area (Å²) in [4.78, 5) is 26.4. The zero-order valence-electron chi connectivity index (χ0n) is 11.0. The fourth-order valence-electron chi connectivity index (χ4n) is 1.75. The second-order valence-electron chi connectivity index (χ2n) is 4.43. The lowest BCUT2D eigenvalue weighted by Crippen LogP contribution is -2.26. The molecule has 1 amide bonds. The number of carboxylic acid groups (broad SMARTS) is 1.